The van der Waals surface area contributed by atoms with Crippen molar-refractivity contribution in [3.8, 4) is 0 Å². The van der Waals surface area contributed by atoms with E-state index in [1.807, 2.05) is 13.8 Å². The molecule has 0 saturated carbocycles. The second-order valence-electron chi connectivity index (χ2n) is 7.39. The van der Waals surface area contributed by atoms with Gasteiger partial charge in [0.25, 0.3) is 0 Å². The van der Waals surface area contributed by atoms with Crippen LogP contribution in [0, 0.1) is 5.92 Å². The Hall–Kier alpha value is -1.89. The van der Waals surface area contributed by atoms with Gasteiger partial charge in [-0.2, -0.15) is 11.8 Å². The van der Waals surface area contributed by atoms with Crippen LogP contribution in [0.25, 0.3) is 0 Å². The van der Waals surface area contributed by atoms with E-state index >= 15 is 0 Å². The monoisotopic (exact) mass is 450 g/mol. The highest BCUT2D eigenvalue weighted by atomic mass is 32.2. The van der Waals surface area contributed by atoms with Gasteiger partial charge in [-0.05, 0) is 37.7 Å². The van der Waals surface area contributed by atoms with E-state index in [2.05, 4.69) is 16.0 Å². The lowest BCUT2D eigenvalue weighted by atomic mass is 10.0. The number of carbonyl (C=O) groups excluding carboxylic acids is 3. The summed E-state index contributed by atoms with van der Waals surface area (Å²) in [6.07, 6.45) is 0.869. The van der Waals surface area contributed by atoms with Crippen molar-refractivity contribution in [3.63, 3.8) is 0 Å². The molecular weight excluding hydrogens is 416 g/mol. The van der Waals surface area contributed by atoms with Crippen LogP contribution in [0.4, 0.5) is 0 Å². The Balaban J connectivity index is 5.33. The quantitative estimate of drug-likeness (QED) is 0.157. The Morgan fingerprint density at radius 1 is 0.967 bits per heavy atom. The molecule has 0 saturated heterocycles. The van der Waals surface area contributed by atoms with Crippen LogP contribution in [-0.2, 0) is 19.2 Å². The number of nitrogens with one attached hydrogen (secondary N) is 3. The summed E-state index contributed by atoms with van der Waals surface area (Å²) in [5, 5.41) is 35.3. The average molecular weight is 451 g/mol. The van der Waals surface area contributed by atoms with Crippen LogP contribution in [-0.4, -0.2) is 87.9 Å². The molecule has 0 aliphatic carbocycles. The zero-order valence-electron chi connectivity index (χ0n) is 17.8. The van der Waals surface area contributed by atoms with Gasteiger partial charge in [-0.15, -0.1) is 0 Å². The molecule has 0 radical (unpaired) electrons. The van der Waals surface area contributed by atoms with Gasteiger partial charge in [-0.3, -0.25) is 14.4 Å². The Morgan fingerprint density at radius 2 is 1.53 bits per heavy atom. The van der Waals surface area contributed by atoms with E-state index in [4.69, 9.17) is 10.8 Å². The highest BCUT2D eigenvalue weighted by Crippen LogP contribution is 2.07. The van der Waals surface area contributed by atoms with Gasteiger partial charge in [0, 0.05) is 0 Å². The Labute approximate surface area is 180 Å². The second kappa shape index (κ2) is 14.2. The third-order valence-electron chi connectivity index (χ3n) is 4.16. The lowest BCUT2D eigenvalue weighted by Crippen LogP contribution is -2.60. The molecule has 5 unspecified atom stereocenters. The smallest absolute Gasteiger partial charge is 0.326 e. The number of amides is 3. The van der Waals surface area contributed by atoms with Crippen LogP contribution in [0.5, 0.6) is 0 Å². The second-order valence-corrected chi connectivity index (χ2v) is 8.37. The molecule has 30 heavy (non-hydrogen) atoms. The fourth-order valence-corrected chi connectivity index (χ4v) is 2.95. The lowest BCUT2D eigenvalue weighted by Gasteiger charge is -2.27. The summed E-state index contributed by atoms with van der Waals surface area (Å²) in [7, 11) is 0. The average Bonchev–Trinajstić information content (AvgIpc) is 2.66. The number of aliphatic hydroxyl groups is 2. The van der Waals surface area contributed by atoms with E-state index < -0.39 is 60.6 Å². The number of carboxylic acids is 1. The number of hydrogen-bond donors (Lipinski definition) is 7. The van der Waals surface area contributed by atoms with Crippen LogP contribution < -0.4 is 21.7 Å². The maximum absolute atomic E-state index is 12.7. The molecule has 0 rings (SSSR count). The van der Waals surface area contributed by atoms with Crippen molar-refractivity contribution in [2.45, 2.75) is 63.9 Å². The largest absolute Gasteiger partial charge is 0.480 e. The molecule has 8 N–H and O–H groups in total. The van der Waals surface area contributed by atoms with Gasteiger partial charge < -0.3 is 37.0 Å². The number of aliphatic carboxylic acids is 1. The molecule has 0 spiro atoms. The standard InChI is InChI=1S/C18H34N4O7S/c1-9(2)7-13(21-15(25)11(19)8-23)16(26)22-14(10(3)24)17(27)20-12(18(28)29)5-6-30-4/h9-14,23-24H,5-8,19H2,1-4H3,(H,20,27)(H,21,25)(H,22,26)(H,28,29). The lowest BCUT2D eigenvalue weighted by molar-refractivity contribution is -0.143. The molecule has 12 heteroatoms. The van der Waals surface area contributed by atoms with Crippen LogP contribution in [0.2, 0.25) is 0 Å². The first kappa shape index (κ1) is 28.1. The normalized spacial score (nSPS) is 16.1. The van der Waals surface area contributed by atoms with Gasteiger partial charge in [-0.25, -0.2) is 4.79 Å². The van der Waals surface area contributed by atoms with Gasteiger partial charge in [0.15, 0.2) is 0 Å². The van der Waals surface area contributed by atoms with Crippen LogP contribution >= 0.6 is 11.8 Å². The molecule has 3 amide bonds. The van der Waals surface area contributed by atoms with Crippen molar-refractivity contribution in [3.05, 3.63) is 0 Å². The Morgan fingerprint density at radius 3 is 1.97 bits per heavy atom. The summed E-state index contributed by atoms with van der Waals surface area (Å²) in [5.41, 5.74) is 5.46. The number of thioether (sulfide) groups is 1. The number of rotatable bonds is 14. The third-order valence-corrected chi connectivity index (χ3v) is 4.81. The highest BCUT2D eigenvalue weighted by molar-refractivity contribution is 7.98. The third kappa shape index (κ3) is 10.2. The zero-order valence-corrected chi connectivity index (χ0v) is 18.6. The molecule has 0 aromatic rings. The SMILES string of the molecule is CSCCC(NC(=O)C(NC(=O)C(CC(C)C)NC(=O)C(N)CO)C(C)O)C(=O)O. The number of carboxylic acid groups (broad SMARTS) is 1. The van der Waals surface area contributed by atoms with E-state index in [0.717, 1.165) is 0 Å². The van der Waals surface area contributed by atoms with E-state index in [9.17, 15) is 29.4 Å². The van der Waals surface area contributed by atoms with E-state index in [-0.39, 0.29) is 18.8 Å². The van der Waals surface area contributed by atoms with Crippen molar-refractivity contribution in [1.82, 2.24) is 16.0 Å². The molecule has 0 aromatic heterocycles. The molecule has 174 valence electrons. The van der Waals surface area contributed by atoms with Gasteiger partial charge in [-0.1, -0.05) is 13.8 Å². The fourth-order valence-electron chi connectivity index (χ4n) is 2.48. The van der Waals surface area contributed by atoms with E-state index in [1.54, 1.807) is 6.26 Å². The Bertz CT molecular complexity index is 589. The van der Waals surface area contributed by atoms with Crippen LogP contribution in [0.15, 0.2) is 0 Å². The highest BCUT2D eigenvalue weighted by Gasteiger charge is 2.32. The van der Waals surface area contributed by atoms with Crippen molar-refractivity contribution < 1.29 is 34.5 Å². The number of hydrogen-bond acceptors (Lipinski definition) is 8. The first-order valence-electron chi connectivity index (χ1n) is 9.61. The summed E-state index contributed by atoms with van der Waals surface area (Å²) in [6, 6.07) is -4.87. The van der Waals surface area contributed by atoms with E-state index in [0.29, 0.717) is 5.75 Å². The Kier molecular flexibility index (Phi) is 13.3. The maximum atomic E-state index is 12.7. The molecule has 11 nitrogen and oxygen atoms in total. The predicted octanol–water partition coefficient (Wildman–Crippen LogP) is -1.97. The summed E-state index contributed by atoms with van der Waals surface area (Å²) >= 11 is 1.42. The van der Waals surface area contributed by atoms with Crippen molar-refractivity contribution in [2.75, 3.05) is 18.6 Å². The molecule has 0 bridgehead atoms. The topological polar surface area (TPSA) is 191 Å². The van der Waals surface area contributed by atoms with Gasteiger partial charge >= 0.3 is 5.97 Å². The molecule has 0 heterocycles. The molecule has 0 fully saturated rings. The molecule has 5 atom stereocenters. The zero-order chi connectivity index (χ0) is 23.4. The van der Waals surface area contributed by atoms with Crippen molar-refractivity contribution in [2.24, 2.45) is 11.7 Å². The number of carbonyl (C=O) groups is 4. The van der Waals surface area contributed by atoms with Crippen LogP contribution in [0.1, 0.15) is 33.6 Å². The number of nitrogens with two attached hydrogens (primary N) is 1. The summed E-state index contributed by atoms with van der Waals surface area (Å²) in [4.78, 5) is 48.5. The number of aliphatic hydroxyl groups excluding tert-OH is 2. The minimum atomic E-state index is -1.42. The fraction of sp³-hybridized carbons (Fsp3) is 0.778. The summed E-state index contributed by atoms with van der Waals surface area (Å²) < 4.78 is 0. The molecule has 0 aliphatic heterocycles. The van der Waals surface area contributed by atoms with Crippen molar-refractivity contribution >= 4 is 35.5 Å². The first-order valence-corrected chi connectivity index (χ1v) is 11.0. The summed E-state index contributed by atoms with van der Waals surface area (Å²) in [5.74, 6) is -3.06. The van der Waals surface area contributed by atoms with E-state index in [1.165, 1.54) is 18.7 Å². The van der Waals surface area contributed by atoms with Gasteiger partial charge in [0.05, 0.1) is 12.7 Å². The molecule has 0 aliphatic rings. The van der Waals surface area contributed by atoms with Gasteiger partial charge in [0.1, 0.15) is 24.2 Å². The van der Waals surface area contributed by atoms with Crippen molar-refractivity contribution in [1.29, 1.82) is 0 Å². The minimum Gasteiger partial charge on any atom is -0.480 e. The first-order chi connectivity index (χ1) is 13.9. The molecule has 0 aromatic carbocycles. The maximum Gasteiger partial charge on any atom is 0.326 e. The van der Waals surface area contributed by atoms with Crippen LogP contribution in [0.3, 0.4) is 0 Å². The van der Waals surface area contributed by atoms with Gasteiger partial charge in [0.2, 0.25) is 17.7 Å². The predicted molar refractivity (Wildman–Crippen MR) is 113 cm³/mol. The molecular formula is C18H34N4O7S. The minimum absolute atomic E-state index is 0.00633. The summed E-state index contributed by atoms with van der Waals surface area (Å²) in [6.45, 7) is 4.31.